The van der Waals surface area contributed by atoms with Gasteiger partial charge < -0.3 is 9.52 Å². The molecule has 1 N–H and O–H groups in total. The smallest absolute Gasteiger partial charge is 0.137 e. The Hall–Kier alpha value is -0.580. The van der Waals surface area contributed by atoms with Crippen LogP contribution in [-0.4, -0.2) is 27.1 Å². The molecule has 3 unspecified atom stereocenters. The molecule has 102 valence electrons. The molecule has 1 saturated heterocycles. The Kier molecular flexibility index (Phi) is 3.83. The van der Waals surface area contributed by atoms with Crippen molar-refractivity contribution in [2.75, 3.05) is 11.5 Å². The van der Waals surface area contributed by atoms with Gasteiger partial charge in [0.1, 0.15) is 17.4 Å². The Morgan fingerprint density at radius 2 is 2.11 bits per heavy atom. The molecule has 0 amide bonds. The third-order valence-electron chi connectivity index (χ3n) is 3.60. The summed E-state index contributed by atoms with van der Waals surface area (Å²) in [5.41, 5.74) is 2.02. The molecule has 1 aliphatic rings. The molecule has 1 aromatic carbocycles. The molecule has 4 heteroatoms. The standard InChI is InChI=1S/C15H18O2S2/c1-9-4-3-5-11-8-12(17-14(9)11)13(16)15-10(2)18-6-7-19-15/h3-5,8,10,13,15-16H,6-7H2,1-2H3. The first-order valence-corrected chi connectivity index (χ1v) is 8.67. The summed E-state index contributed by atoms with van der Waals surface area (Å²) in [6.45, 7) is 4.23. The fraction of sp³-hybridized carbons (Fsp3) is 0.467. The Balaban J connectivity index is 1.92. The molecule has 0 radical (unpaired) electrons. The summed E-state index contributed by atoms with van der Waals surface area (Å²) in [5.74, 6) is 2.99. The maximum Gasteiger partial charge on any atom is 0.137 e. The van der Waals surface area contributed by atoms with E-state index in [1.54, 1.807) is 0 Å². The van der Waals surface area contributed by atoms with Gasteiger partial charge in [-0.3, -0.25) is 0 Å². The second-order valence-corrected chi connectivity index (χ2v) is 7.77. The minimum atomic E-state index is -0.514. The highest BCUT2D eigenvalue weighted by molar-refractivity contribution is 8.07. The van der Waals surface area contributed by atoms with Gasteiger partial charge in [0, 0.05) is 27.4 Å². The molecule has 0 bridgehead atoms. The molecular weight excluding hydrogens is 276 g/mol. The highest BCUT2D eigenvalue weighted by Crippen LogP contribution is 2.40. The van der Waals surface area contributed by atoms with Crippen LogP contribution in [0.3, 0.4) is 0 Å². The number of furan rings is 1. The van der Waals surface area contributed by atoms with Crippen LogP contribution in [0, 0.1) is 6.92 Å². The van der Waals surface area contributed by atoms with Crippen molar-refractivity contribution in [3.05, 3.63) is 35.6 Å². The third-order valence-corrected chi connectivity index (χ3v) is 6.78. The van der Waals surface area contributed by atoms with Crippen LogP contribution >= 0.6 is 23.5 Å². The summed E-state index contributed by atoms with van der Waals surface area (Å²) >= 11 is 3.79. The van der Waals surface area contributed by atoms with Gasteiger partial charge in [0.15, 0.2) is 0 Å². The molecule has 0 saturated carbocycles. The summed E-state index contributed by atoms with van der Waals surface area (Å²) in [7, 11) is 0. The van der Waals surface area contributed by atoms with Crippen LogP contribution in [0.5, 0.6) is 0 Å². The van der Waals surface area contributed by atoms with E-state index in [0.29, 0.717) is 11.0 Å². The lowest BCUT2D eigenvalue weighted by Crippen LogP contribution is -2.29. The second-order valence-electron chi connectivity index (χ2n) is 5.00. The largest absolute Gasteiger partial charge is 0.458 e. The van der Waals surface area contributed by atoms with Crippen molar-refractivity contribution in [2.45, 2.75) is 30.5 Å². The molecular formula is C15H18O2S2. The van der Waals surface area contributed by atoms with E-state index in [1.807, 2.05) is 54.7 Å². The molecule has 0 spiro atoms. The fourth-order valence-corrected chi connectivity index (χ4v) is 5.34. The van der Waals surface area contributed by atoms with E-state index in [-0.39, 0.29) is 5.25 Å². The van der Waals surface area contributed by atoms with Gasteiger partial charge in [-0.25, -0.2) is 0 Å². The predicted octanol–water partition coefficient (Wildman–Crippen LogP) is 4.01. The Morgan fingerprint density at radius 3 is 2.84 bits per heavy atom. The van der Waals surface area contributed by atoms with Gasteiger partial charge in [-0.2, -0.15) is 23.5 Å². The van der Waals surface area contributed by atoms with Crippen molar-refractivity contribution >= 4 is 34.5 Å². The summed E-state index contributed by atoms with van der Waals surface area (Å²) < 4.78 is 5.89. The van der Waals surface area contributed by atoms with E-state index >= 15 is 0 Å². The molecule has 2 heterocycles. The van der Waals surface area contributed by atoms with Crippen LogP contribution in [0.15, 0.2) is 28.7 Å². The number of hydrogen-bond acceptors (Lipinski definition) is 4. The lowest BCUT2D eigenvalue weighted by atomic mass is 10.1. The summed E-state index contributed by atoms with van der Waals surface area (Å²) in [5, 5.41) is 12.3. The number of aryl methyl sites for hydroxylation is 1. The average Bonchev–Trinajstić information content (AvgIpc) is 2.84. The minimum absolute atomic E-state index is 0.222. The predicted molar refractivity (Wildman–Crippen MR) is 84.1 cm³/mol. The van der Waals surface area contributed by atoms with Crippen LogP contribution in [0.1, 0.15) is 24.4 Å². The molecule has 2 aromatic rings. The topological polar surface area (TPSA) is 33.4 Å². The quantitative estimate of drug-likeness (QED) is 0.907. The first kappa shape index (κ1) is 13.4. The van der Waals surface area contributed by atoms with E-state index < -0.39 is 6.10 Å². The van der Waals surface area contributed by atoms with Crippen molar-refractivity contribution in [2.24, 2.45) is 0 Å². The zero-order valence-electron chi connectivity index (χ0n) is 11.1. The first-order chi connectivity index (χ1) is 9.16. The highest BCUT2D eigenvalue weighted by atomic mass is 32.2. The highest BCUT2D eigenvalue weighted by Gasteiger charge is 2.32. The van der Waals surface area contributed by atoms with E-state index in [9.17, 15) is 5.11 Å². The molecule has 1 fully saturated rings. The minimum Gasteiger partial charge on any atom is -0.458 e. The van der Waals surface area contributed by atoms with Crippen molar-refractivity contribution < 1.29 is 9.52 Å². The van der Waals surface area contributed by atoms with Crippen LogP contribution in [-0.2, 0) is 0 Å². The number of aliphatic hydroxyl groups excluding tert-OH is 1. The van der Waals surface area contributed by atoms with Gasteiger partial charge in [-0.15, -0.1) is 0 Å². The summed E-state index contributed by atoms with van der Waals surface area (Å²) in [6, 6.07) is 8.08. The molecule has 1 aliphatic heterocycles. The van der Waals surface area contributed by atoms with Crippen molar-refractivity contribution in [3.8, 4) is 0 Å². The van der Waals surface area contributed by atoms with E-state index in [0.717, 1.165) is 22.3 Å². The second kappa shape index (κ2) is 5.43. The Morgan fingerprint density at radius 1 is 1.32 bits per heavy atom. The molecule has 3 rings (SSSR count). The van der Waals surface area contributed by atoms with Crippen LogP contribution < -0.4 is 0 Å². The number of benzene rings is 1. The monoisotopic (exact) mass is 294 g/mol. The number of hydrogen-bond donors (Lipinski definition) is 1. The van der Waals surface area contributed by atoms with Gasteiger partial charge >= 0.3 is 0 Å². The molecule has 1 aromatic heterocycles. The summed E-state index contributed by atoms with van der Waals surface area (Å²) in [4.78, 5) is 0. The fourth-order valence-electron chi connectivity index (χ4n) is 2.53. The SMILES string of the molecule is Cc1cccc2cc(C(O)C3SCCSC3C)oc12. The van der Waals surface area contributed by atoms with E-state index in [2.05, 4.69) is 6.92 Å². The van der Waals surface area contributed by atoms with Crippen LogP contribution in [0.2, 0.25) is 0 Å². The lowest BCUT2D eigenvalue weighted by Gasteiger charge is -2.30. The van der Waals surface area contributed by atoms with Crippen LogP contribution in [0.4, 0.5) is 0 Å². The number of fused-ring (bicyclic) bond motifs is 1. The maximum atomic E-state index is 10.6. The molecule has 2 nitrogen and oxygen atoms in total. The van der Waals surface area contributed by atoms with Crippen molar-refractivity contribution in [3.63, 3.8) is 0 Å². The number of para-hydroxylation sites is 1. The Bertz CT molecular complexity index is 579. The third kappa shape index (κ3) is 2.54. The first-order valence-electron chi connectivity index (χ1n) is 6.57. The normalized spacial score (nSPS) is 25.6. The lowest BCUT2D eigenvalue weighted by molar-refractivity contribution is 0.149. The zero-order valence-corrected chi connectivity index (χ0v) is 12.8. The number of thioether (sulfide) groups is 2. The number of rotatable bonds is 2. The van der Waals surface area contributed by atoms with Gasteiger partial charge in [0.05, 0.1) is 0 Å². The van der Waals surface area contributed by atoms with Crippen LogP contribution in [0.25, 0.3) is 11.0 Å². The summed E-state index contributed by atoms with van der Waals surface area (Å²) in [6.07, 6.45) is -0.514. The van der Waals surface area contributed by atoms with Gasteiger partial charge in [-0.05, 0) is 18.6 Å². The van der Waals surface area contributed by atoms with Gasteiger partial charge in [-0.1, -0.05) is 25.1 Å². The van der Waals surface area contributed by atoms with Gasteiger partial charge in [0.25, 0.3) is 0 Å². The van der Waals surface area contributed by atoms with Crippen molar-refractivity contribution in [1.29, 1.82) is 0 Å². The maximum absolute atomic E-state index is 10.6. The molecule has 0 aliphatic carbocycles. The number of aliphatic hydroxyl groups is 1. The molecule has 19 heavy (non-hydrogen) atoms. The van der Waals surface area contributed by atoms with Gasteiger partial charge in [0.2, 0.25) is 0 Å². The van der Waals surface area contributed by atoms with Crippen molar-refractivity contribution in [1.82, 2.24) is 0 Å². The van der Waals surface area contributed by atoms with E-state index in [4.69, 9.17) is 4.42 Å². The zero-order chi connectivity index (χ0) is 13.4. The Labute approximate surface area is 121 Å². The van der Waals surface area contributed by atoms with E-state index in [1.165, 1.54) is 5.75 Å². The molecule has 3 atom stereocenters. The average molecular weight is 294 g/mol.